The van der Waals surface area contributed by atoms with Gasteiger partial charge < -0.3 is 15.0 Å². The van der Waals surface area contributed by atoms with Crippen molar-refractivity contribution in [3.8, 4) is 5.75 Å². The fourth-order valence-corrected chi connectivity index (χ4v) is 4.64. The molecular weight excluding hydrogens is 501 g/mol. The number of aryl methyl sites for hydroxylation is 1. The van der Waals surface area contributed by atoms with Gasteiger partial charge in [0.2, 0.25) is 21.8 Å². The van der Waals surface area contributed by atoms with Crippen LogP contribution in [0.25, 0.3) is 0 Å². The number of rotatable bonds is 10. The van der Waals surface area contributed by atoms with Crippen LogP contribution in [-0.4, -0.2) is 57.6 Å². The molecule has 0 heterocycles. The van der Waals surface area contributed by atoms with Gasteiger partial charge in [0.1, 0.15) is 18.3 Å². The third-order valence-corrected chi connectivity index (χ3v) is 6.87. The Morgan fingerprint density at radius 1 is 1.15 bits per heavy atom. The van der Waals surface area contributed by atoms with Crippen LogP contribution in [0.1, 0.15) is 25.0 Å². The molecule has 0 fully saturated rings. The molecule has 0 radical (unpaired) electrons. The zero-order valence-electron chi connectivity index (χ0n) is 19.8. The predicted octanol–water partition coefficient (Wildman–Crippen LogP) is 3.63. The Morgan fingerprint density at radius 2 is 1.82 bits per heavy atom. The first-order valence-electron chi connectivity index (χ1n) is 10.5. The van der Waals surface area contributed by atoms with E-state index in [1.54, 1.807) is 51.1 Å². The van der Waals surface area contributed by atoms with Crippen molar-refractivity contribution in [3.63, 3.8) is 0 Å². The molecule has 0 aliphatic rings. The smallest absolute Gasteiger partial charge is 0.244 e. The Hall–Kier alpha value is -2.49. The van der Waals surface area contributed by atoms with Crippen LogP contribution in [0.3, 0.4) is 0 Å². The number of methoxy groups -OCH3 is 1. The zero-order valence-corrected chi connectivity index (χ0v) is 22.1. The van der Waals surface area contributed by atoms with E-state index in [1.807, 2.05) is 0 Å². The number of hydrogen-bond acceptors (Lipinski definition) is 5. The SMILES string of the molecule is CCNC(=O)C(C)N(Cc1ccc(Cl)cc1Cl)C(=O)CN(c1cc(C)ccc1OC)S(C)(=O)=O. The van der Waals surface area contributed by atoms with E-state index in [2.05, 4.69) is 5.32 Å². The summed E-state index contributed by atoms with van der Waals surface area (Å²) >= 11 is 12.3. The topological polar surface area (TPSA) is 96.0 Å². The number of hydrogen-bond donors (Lipinski definition) is 1. The summed E-state index contributed by atoms with van der Waals surface area (Å²) in [7, 11) is -2.46. The van der Waals surface area contributed by atoms with Gasteiger partial charge in [-0.15, -0.1) is 0 Å². The number of amides is 2. The Balaban J connectivity index is 2.49. The second-order valence-corrected chi connectivity index (χ2v) is 10.5. The van der Waals surface area contributed by atoms with Crippen molar-refractivity contribution in [2.75, 3.05) is 30.8 Å². The van der Waals surface area contributed by atoms with E-state index in [0.29, 0.717) is 27.9 Å². The second-order valence-electron chi connectivity index (χ2n) is 7.77. The van der Waals surface area contributed by atoms with Crippen LogP contribution in [-0.2, 0) is 26.2 Å². The number of nitrogens with zero attached hydrogens (tertiary/aromatic N) is 2. The van der Waals surface area contributed by atoms with Crippen LogP contribution >= 0.6 is 23.2 Å². The summed E-state index contributed by atoms with van der Waals surface area (Å²) in [5.74, 6) is -0.661. The molecule has 2 aromatic rings. The van der Waals surface area contributed by atoms with Gasteiger partial charge in [0.25, 0.3) is 0 Å². The highest BCUT2D eigenvalue weighted by Crippen LogP contribution is 2.31. The molecule has 0 bridgehead atoms. The molecule has 2 rings (SSSR count). The lowest BCUT2D eigenvalue weighted by atomic mass is 10.1. The van der Waals surface area contributed by atoms with Crippen LogP contribution in [0.15, 0.2) is 36.4 Å². The van der Waals surface area contributed by atoms with Crippen molar-refractivity contribution in [1.82, 2.24) is 10.2 Å². The van der Waals surface area contributed by atoms with Crippen molar-refractivity contribution in [3.05, 3.63) is 57.6 Å². The number of carbonyl (C=O) groups excluding carboxylic acids is 2. The highest BCUT2D eigenvalue weighted by atomic mass is 35.5. The minimum atomic E-state index is -3.88. The molecule has 1 N–H and O–H groups in total. The van der Waals surface area contributed by atoms with Gasteiger partial charge >= 0.3 is 0 Å². The molecule has 0 aliphatic carbocycles. The van der Waals surface area contributed by atoms with Gasteiger partial charge in [-0.25, -0.2) is 8.42 Å². The molecule has 2 amide bonds. The van der Waals surface area contributed by atoms with Crippen LogP contribution in [0.2, 0.25) is 10.0 Å². The van der Waals surface area contributed by atoms with E-state index in [4.69, 9.17) is 27.9 Å². The summed E-state index contributed by atoms with van der Waals surface area (Å²) in [4.78, 5) is 27.4. The molecule has 8 nitrogen and oxygen atoms in total. The molecule has 0 spiro atoms. The zero-order chi connectivity index (χ0) is 25.6. The summed E-state index contributed by atoms with van der Waals surface area (Å²) in [5.41, 5.74) is 1.58. The van der Waals surface area contributed by atoms with Gasteiger partial charge in [-0.3, -0.25) is 13.9 Å². The lowest BCUT2D eigenvalue weighted by Gasteiger charge is -2.32. The van der Waals surface area contributed by atoms with Gasteiger partial charge in [-0.05, 0) is 56.2 Å². The third-order valence-electron chi connectivity index (χ3n) is 5.16. The minimum Gasteiger partial charge on any atom is -0.495 e. The fourth-order valence-electron chi connectivity index (χ4n) is 3.33. The van der Waals surface area contributed by atoms with Gasteiger partial charge in [-0.2, -0.15) is 0 Å². The molecule has 2 aromatic carbocycles. The summed E-state index contributed by atoms with van der Waals surface area (Å²) in [5, 5.41) is 3.45. The standard InChI is InChI=1S/C23H29Cl2N3O5S/c1-6-26-23(30)16(3)27(13-17-8-9-18(24)12-19(17)25)22(29)14-28(34(5,31)32)20-11-15(2)7-10-21(20)33-4/h7-12,16H,6,13-14H2,1-5H3,(H,26,30). The number of anilines is 1. The van der Waals surface area contributed by atoms with E-state index in [9.17, 15) is 18.0 Å². The Bertz CT molecular complexity index is 1160. The van der Waals surface area contributed by atoms with Gasteiger partial charge in [0.15, 0.2) is 0 Å². The fraction of sp³-hybridized carbons (Fsp3) is 0.391. The van der Waals surface area contributed by atoms with Crippen molar-refractivity contribution < 1.29 is 22.7 Å². The van der Waals surface area contributed by atoms with E-state index >= 15 is 0 Å². The Kier molecular flexibility index (Phi) is 9.61. The van der Waals surface area contributed by atoms with E-state index in [1.165, 1.54) is 18.1 Å². The predicted molar refractivity (Wildman–Crippen MR) is 135 cm³/mol. The first-order valence-corrected chi connectivity index (χ1v) is 13.1. The largest absolute Gasteiger partial charge is 0.495 e. The summed E-state index contributed by atoms with van der Waals surface area (Å²) < 4.78 is 31.7. The maximum Gasteiger partial charge on any atom is 0.244 e. The highest BCUT2D eigenvalue weighted by molar-refractivity contribution is 7.92. The molecule has 1 unspecified atom stereocenters. The lowest BCUT2D eigenvalue weighted by molar-refractivity contribution is -0.139. The van der Waals surface area contributed by atoms with Gasteiger partial charge in [-0.1, -0.05) is 35.3 Å². The van der Waals surface area contributed by atoms with Crippen LogP contribution in [0.4, 0.5) is 5.69 Å². The second kappa shape index (κ2) is 11.8. The van der Waals surface area contributed by atoms with Gasteiger partial charge in [0, 0.05) is 23.1 Å². The average molecular weight is 530 g/mol. The molecule has 0 aromatic heterocycles. The normalized spacial score (nSPS) is 12.1. The maximum atomic E-state index is 13.5. The first kappa shape index (κ1) is 27.8. The Labute approximate surface area is 210 Å². The molecule has 0 saturated heterocycles. The monoisotopic (exact) mass is 529 g/mol. The maximum absolute atomic E-state index is 13.5. The van der Waals surface area contributed by atoms with E-state index in [-0.39, 0.29) is 18.1 Å². The number of ether oxygens (including phenoxy) is 1. The number of carbonyl (C=O) groups is 2. The van der Waals surface area contributed by atoms with Crippen LogP contribution < -0.4 is 14.4 Å². The first-order chi connectivity index (χ1) is 15.9. The van der Waals surface area contributed by atoms with Crippen molar-refractivity contribution in [2.24, 2.45) is 0 Å². The highest BCUT2D eigenvalue weighted by Gasteiger charge is 2.31. The molecular formula is C23H29Cl2N3O5S. The number of halogens is 2. The lowest BCUT2D eigenvalue weighted by Crippen LogP contribution is -2.51. The number of sulfonamides is 1. The minimum absolute atomic E-state index is 0.0182. The summed E-state index contributed by atoms with van der Waals surface area (Å²) in [6, 6.07) is 8.97. The summed E-state index contributed by atoms with van der Waals surface area (Å²) in [6.45, 7) is 4.97. The molecule has 11 heteroatoms. The van der Waals surface area contributed by atoms with E-state index < -0.39 is 28.5 Å². The van der Waals surface area contributed by atoms with Gasteiger partial charge in [0.05, 0.1) is 19.1 Å². The summed E-state index contributed by atoms with van der Waals surface area (Å²) in [6.07, 6.45) is 1.01. The molecule has 34 heavy (non-hydrogen) atoms. The molecule has 0 aliphatic heterocycles. The Morgan fingerprint density at radius 3 is 2.38 bits per heavy atom. The number of nitrogens with one attached hydrogen (secondary N) is 1. The molecule has 186 valence electrons. The van der Waals surface area contributed by atoms with Crippen molar-refractivity contribution in [2.45, 2.75) is 33.4 Å². The average Bonchev–Trinajstić information content (AvgIpc) is 2.75. The quantitative estimate of drug-likeness (QED) is 0.506. The molecule has 1 atom stereocenters. The number of benzene rings is 2. The number of likely N-dealkylation sites (N-methyl/N-ethyl adjacent to an activating group) is 1. The molecule has 0 saturated carbocycles. The van der Waals surface area contributed by atoms with Crippen LogP contribution in [0, 0.1) is 6.92 Å². The van der Waals surface area contributed by atoms with Crippen molar-refractivity contribution in [1.29, 1.82) is 0 Å². The van der Waals surface area contributed by atoms with E-state index in [0.717, 1.165) is 16.1 Å². The third kappa shape index (κ3) is 7.01. The van der Waals surface area contributed by atoms with Crippen molar-refractivity contribution >= 4 is 50.7 Å². The van der Waals surface area contributed by atoms with Crippen LogP contribution in [0.5, 0.6) is 5.75 Å².